The Hall–Kier alpha value is -3.20. The third kappa shape index (κ3) is 5.24. The van der Waals surface area contributed by atoms with Gasteiger partial charge in [0.2, 0.25) is 5.91 Å². The maximum absolute atomic E-state index is 12.4. The lowest BCUT2D eigenvalue weighted by Gasteiger charge is -2.10. The van der Waals surface area contributed by atoms with Crippen LogP contribution in [0.3, 0.4) is 0 Å². The van der Waals surface area contributed by atoms with Gasteiger partial charge in [-0.05, 0) is 54.4 Å². The number of ether oxygens (including phenoxy) is 1. The Labute approximate surface area is 182 Å². The quantitative estimate of drug-likeness (QED) is 0.371. The smallest absolute Gasteiger partial charge is 0.275 e. The molecule has 30 heavy (non-hydrogen) atoms. The van der Waals surface area contributed by atoms with E-state index in [2.05, 4.69) is 26.3 Å². The second kappa shape index (κ2) is 9.08. The standard InChI is InChI=1S/C21H21BrN4O4/c1-13-5-4-6-18(9-13)30-19-11-16(10-17(12-19)26(28)29)23-20(27)7-8-25-15(3)21(22)14(2)24-25/h4-6,9-12H,7-8H2,1-3H3,(H,23,27). The second-order valence-electron chi connectivity index (χ2n) is 6.90. The van der Waals surface area contributed by atoms with E-state index in [4.69, 9.17) is 4.74 Å². The Bertz CT molecular complexity index is 1110. The van der Waals surface area contributed by atoms with E-state index in [0.29, 0.717) is 18.0 Å². The van der Waals surface area contributed by atoms with Crippen LogP contribution in [0.5, 0.6) is 11.5 Å². The third-order valence-electron chi connectivity index (χ3n) is 4.45. The van der Waals surface area contributed by atoms with Gasteiger partial charge in [-0.3, -0.25) is 19.6 Å². The van der Waals surface area contributed by atoms with Gasteiger partial charge in [-0.25, -0.2) is 0 Å². The first-order chi connectivity index (χ1) is 14.2. The molecular weight excluding hydrogens is 452 g/mol. The number of hydrogen-bond acceptors (Lipinski definition) is 5. The van der Waals surface area contributed by atoms with Crippen LogP contribution in [0, 0.1) is 30.9 Å². The molecule has 0 spiro atoms. The molecule has 8 nitrogen and oxygen atoms in total. The summed E-state index contributed by atoms with van der Waals surface area (Å²) in [5.41, 5.74) is 2.92. The number of nitro groups is 1. The van der Waals surface area contributed by atoms with Crippen molar-refractivity contribution in [3.63, 3.8) is 0 Å². The minimum Gasteiger partial charge on any atom is -0.457 e. The fourth-order valence-corrected chi connectivity index (χ4v) is 3.24. The Morgan fingerprint density at radius 1 is 1.20 bits per heavy atom. The summed E-state index contributed by atoms with van der Waals surface area (Å²) >= 11 is 3.46. The molecule has 0 saturated heterocycles. The molecule has 0 bridgehead atoms. The molecule has 0 unspecified atom stereocenters. The van der Waals surface area contributed by atoms with Crippen molar-refractivity contribution in [3.8, 4) is 11.5 Å². The van der Waals surface area contributed by atoms with Gasteiger partial charge in [-0.15, -0.1) is 0 Å². The Kier molecular flexibility index (Phi) is 6.51. The highest BCUT2D eigenvalue weighted by Gasteiger charge is 2.14. The summed E-state index contributed by atoms with van der Waals surface area (Å²) in [6.07, 6.45) is 0.172. The van der Waals surface area contributed by atoms with E-state index in [-0.39, 0.29) is 23.8 Å². The van der Waals surface area contributed by atoms with Crippen LogP contribution in [-0.4, -0.2) is 20.6 Å². The van der Waals surface area contributed by atoms with Crippen LogP contribution in [0.15, 0.2) is 46.9 Å². The molecule has 2 aromatic carbocycles. The molecule has 0 saturated carbocycles. The molecule has 0 aliphatic carbocycles. The Morgan fingerprint density at radius 2 is 1.97 bits per heavy atom. The predicted octanol–water partition coefficient (Wildman–Crippen LogP) is 5.30. The molecule has 0 aliphatic heterocycles. The van der Waals surface area contributed by atoms with Crippen molar-refractivity contribution in [2.24, 2.45) is 0 Å². The highest BCUT2D eigenvalue weighted by Crippen LogP contribution is 2.30. The number of nitrogens with zero attached hydrogens (tertiary/aromatic N) is 3. The van der Waals surface area contributed by atoms with Crippen molar-refractivity contribution in [1.82, 2.24) is 9.78 Å². The summed E-state index contributed by atoms with van der Waals surface area (Å²) in [4.78, 5) is 23.2. The Balaban J connectivity index is 1.73. The highest BCUT2D eigenvalue weighted by atomic mass is 79.9. The first-order valence-electron chi connectivity index (χ1n) is 9.26. The van der Waals surface area contributed by atoms with Crippen molar-refractivity contribution < 1.29 is 14.5 Å². The fraction of sp³-hybridized carbons (Fsp3) is 0.238. The molecule has 0 fully saturated rings. The fourth-order valence-electron chi connectivity index (χ4n) is 2.96. The van der Waals surface area contributed by atoms with Gasteiger partial charge in [0.25, 0.3) is 5.69 Å². The molecule has 0 radical (unpaired) electrons. The largest absolute Gasteiger partial charge is 0.457 e. The first-order valence-corrected chi connectivity index (χ1v) is 10.1. The van der Waals surface area contributed by atoms with Gasteiger partial charge >= 0.3 is 0 Å². The zero-order valence-electron chi connectivity index (χ0n) is 16.8. The number of amides is 1. The molecule has 1 amide bonds. The molecular formula is C21H21BrN4O4. The number of carbonyl (C=O) groups is 1. The minimum atomic E-state index is -0.522. The first kappa shape index (κ1) is 21.5. The number of anilines is 1. The van der Waals surface area contributed by atoms with E-state index in [0.717, 1.165) is 21.4 Å². The van der Waals surface area contributed by atoms with E-state index < -0.39 is 4.92 Å². The van der Waals surface area contributed by atoms with Crippen molar-refractivity contribution in [1.29, 1.82) is 0 Å². The van der Waals surface area contributed by atoms with Crippen molar-refractivity contribution in [2.75, 3.05) is 5.32 Å². The van der Waals surface area contributed by atoms with E-state index >= 15 is 0 Å². The van der Waals surface area contributed by atoms with Crippen molar-refractivity contribution in [2.45, 2.75) is 33.7 Å². The zero-order valence-corrected chi connectivity index (χ0v) is 18.4. The topological polar surface area (TPSA) is 99.3 Å². The molecule has 1 heterocycles. The summed E-state index contributed by atoms with van der Waals surface area (Å²) in [6, 6.07) is 11.5. The molecule has 3 aromatic rings. The van der Waals surface area contributed by atoms with Gasteiger partial charge in [0.15, 0.2) is 0 Å². The lowest BCUT2D eigenvalue weighted by Crippen LogP contribution is -2.15. The van der Waals surface area contributed by atoms with Gasteiger partial charge < -0.3 is 10.1 Å². The maximum atomic E-state index is 12.4. The zero-order chi connectivity index (χ0) is 21.8. The summed E-state index contributed by atoms with van der Waals surface area (Å²) < 4.78 is 8.42. The van der Waals surface area contributed by atoms with Gasteiger partial charge in [0.05, 0.1) is 33.4 Å². The highest BCUT2D eigenvalue weighted by molar-refractivity contribution is 9.10. The van der Waals surface area contributed by atoms with Gasteiger partial charge in [0.1, 0.15) is 11.5 Å². The monoisotopic (exact) mass is 472 g/mol. The van der Waals surface area contributed by atoms with E-state index in [1.807, 2.05) is 39.0 Å². The lowest BCUT2D eigenvalue weighted by molar-refractivity contribution is -0.384. The van der Waals surface area contributed by atoms with E-state index in [1.54, 1.807) is 16.8 Å². The number of hydrogen-bond donors (Lipinski definition) is 1. The predicted molar refractivity (Wildman–Crippen MR) is 117 cm³/mol. The number of rotatable bonds is 7. The van der Waals surface area contributed by atoms with Gasteiger partial charge in [-0.2, -0.15) is 5.10 Å². The molecule has 3 rings (SSSR count). The van der Waals surface area contributed by atoms with Crippen LogP contribution >= 0.6 is 15.9 Å². The molecule has 1 aromatic heterocycles. The number of aromatic nitrogens is 2. The average molecular weight is 473 g/mol. The van der Waals surface area contributed by atoms with Crippen LogP contribution in [0.2, 0.25) is 0 Å². The van der Waals surface area contributed by atoms with Crippen LogP contribution in [-0.2, 0) is 11.3 Å². The number of halogens is 1. The van der Waals surface area contributed by atoms with Gasteiger partial charge in [0, 0.05) is 24.2 Å². The number of nitrogens with one attached hydrogen (secondary N) is 1. The van der Waals surface area contributed by atoms with Crippen LogP contribution in [0.4, 0.5) is 11.4 Å². The van der Waals surface area contributed by atoms with Crippen LogP contribution < -0.4 is 10.1 Å². The third-order valence-corrected chi connectivity index (χ3v) is 5.60. The lowest BCUT2D eigenvalue weighted by atomic mass is 10.2. The molecule has 9 heteroatoms. The van der Waals surface area contributed by atoms with Crippen molar-refractivity contribution in [3.05, 3.63) is 74.0 Å². The van der Waals surface area contributed by atoms with E-state index in [9.17, 15) is 14.9 Å². The summed E-state index contributed by atoms with van der Waals surface area (Å²) in [7, 11) is 0. The van der Waals surface area contributed by atoms with Crippen LogP contribution in [0.1, 0.15) is 23.4 Å². The summed E-state index contributed by atoms with van der Waals surface area (Å²) in [6.45, 7) is 6.11. The SMILES string of the molecule is Cc1cccc(Oc2cc(NC(=O)CCn3nc(C)c(Br)c3C)cc([N+](=O)[O-])c2)c1. The summed E-state index contributed by atoms with van der Waals surface area (Å²) in [5, 5.41) is 18.4. The Morgan fingerprint density at radius 3 is 2.60 bits per heavy atom. The van der Waals surface area contributed by atoms with E-state index in [1.165, 1.54) is 12.1 Å². The second-order valence-corrected chi connectivity index (χ2v) is 7.69. The maximum Gasteiger partial charge on any atom is 0.275 e. The molecule has 1 N–H and O–H groups in total. The molecule has 0 aliphatic rings. The number of aryl methyl sites for hydroxylation is 3. The summed E-state index contributed by atoms with van der Waals surface area (Å²) in [5.74, 6) is 0.552. The normalized spacial score (nSPS) is 10.7. The minimum absolute atomic E-state index is 0.169. The number of carbonyl (C=O) groups excluding carboxylic acids is 1. The van der Waals surface area contributed by atoms with Gasteiger partial charge in [-0.1, -0.05) is 12.1 Å². The molecule has 156 valence electrons. The number of non-ortho nitro benzene ring substituents is 1. The number of nitro benzene ring substituents is 1. The molecule has 0 atom stereocenters. The van der Waals surface area contributed by atoms with Crippen LogP contribution in [0.25, 0.3) is 0 Å². The van der Waals surface area contributed by atoms with Crippen molar-refractivity contribution >= 4 is 33.2 Å². The average Bonchev–Trinajstić information content (AvgIpc) is 2.93. The number of benzene rings is 2.